The van der Waals surface area contributed by atoms with E-state index in [2.05, 4.69) is 11.8 Å². The Morgan fingerprint density at radius 1 is 1.75 bits per heavy atom. The van der Waals surface area contributed by atoms with E-state index in [0.29, 0.717) is 6.61 Å². The molecule has 52 valence electrons. The minimum atomic E-state index is -2.33. The van der Waals surface area contributed by atoms with Crippen LogP contribution in [0.3, 0.4) is 0 Å². The van der Waals surface area contributed by atoms with Crippen LogP contribution >= 0.6 is 18.9 Å². The van der Waals surface area contributed by atoms with Gasteiger partial charge in [0.25, 0.3) is 0 Å². The molecule has 5 heteroatoms. The van der Waals surface area contributed by atoms with Gasteiger partial charge in [0.05, 0.1) is 6.61 Å². The summed E-state index contributed by atoms with van der Waals surface area (Å²) in [6, 6.07) is 0. The third kappa shape index (κ3) is 9.97. The van der Waals surface area contributed by atoms with Crippen LogP contribution in [0.2, 0.25) is 0 Å². The molecule has 0 aromatic heterocycles. The minimum Gasteiger partial charge on any atom is -0.345 e. The third-order valence-electron chi connectivity index (χ3n) is 0.369. The van der Waals surface area contributed by atoms with E-state index in [-0.39, 0.29) is 12.4 Å². The molecule has 0 aromatic carbocycles. The lowest BCUT2D eigenvalue weighted by molar-refractivity contribution is 0.331. The molecule has 0 spiro atoms. The summed E-state index contributed by atoms with van der Waals surface area (Å²) in [5.41, 5.74) is 0. The molecule has 0 amide bonds. The number of hydrogen-bond acceptors (Lipinski definition) is 2. The maximum atomic E-state index is 8.72. The van der Waals surface area contributed by atoms with Crippen molar-refractivity contribution in [1.82, 2.24) is 0 Å². The van der Waals surface area contributed by atoms with E-state index in [1.807, 2.05) is 0 Å². The Morgan fingerprint density at radius 2 is 2.12 bits per heavy atom. The lowest BCUT2D eigenvalue weighted by Crippen LogP contribution is -1.83. The quantitative estimate of drug-likeness (QED) is 0.645. The summed E-state index contributed by atoms with van der Waals surface area (Å²) in [6.45, 7) is 1.51. The van der Waals surface area contributed by atoms with Gasteiger partial charge in [-0.15, -0.1) is 12.4 Å². The molecule has 0 aliphatic rings. The molecule has 0 aliphatic heterocycles. The molecule has 0 fully saturated rings. The average molecular weight is 177 g/mol. The van der Waals surface area contributed by atoms with Gasteiger partial charge >= 0.3 is 0 Å². The van der Waals surface area contributed by atoms with Crippen LogP contribution in [-0.4, -0.2) is 18.2 Å². The highest BCUT2D eigenvalue weighted by Gasteiger charge is 1.99. The molecule has 1 unspecified atom stereocenters. The van der Waals surface area contributed by atoms with Crippen molar-refractivity contribution >= 4 is 30.7 Å². The largest absolute Gasteiger partial charge is 0.345 e. The third-order valence-corrected chi connectivity index (χ3v) is 1.42. The van der Waals surface area contributed by atoms with Crippen LogP contribution in [0.25, 0.3) is 0 Å². The van der Waals surface area contributed by atoms with Gasteiger partial charge in [0.1, 0.15) is 0 Å². The predicted octanol–water partition coefficient (Wildman–Crippen LogP) is 1.38. The van der Waals surface area contributed by atoms with Crippen molar-refractivity contribution in [2.75, 3.05) is 13.3 Å². The first-order valence-corrected chi connectivity index (χ1v) is 5.13. The van der Waals surface area contributed by atoms with Gasteiger partial charge in [-0.05, 0) is 18.7 Å². The van der Waals surface area contributed by atoms with Gasteiger partial charge in [-0.3, -0.25) is 0 Å². The molecule has 0 aromatic rings. The normalized spacial score (nSPS) is 16.4. The van der Waals surface area contributed by atoms with Crippen molar-refractivity contribution in [2.24, 2.45) is 0 Å². The van der Waals surface area contributed by atoms with Crippen LogP contribution in [0.15, 0.2) is 0 Å². The smallest absolute Gasteiger partial charge is 0.183 e. The maximum Gasteiger partial charge on any atom is 0.183 e. The Kier molecular flexibility index (Phi) is 6.85. The summed E-state index contributed by atoms with van der Waals surface area (Å²) >= 11 is 4.53. The molecule has 2 nitrogen and oxygen atoms in total. The lowest BCUT2D eigenvalue weighted by Gasteiger charge is -2.05. The van der Waals surface area contributed by atoms with Crippen LogP contribution in [-0.2, 0) is 16.3 Å². The molecule has 0 saturated heterocycles. The zero-order valence-electron chi connectivity index (χ0n) is 4.83. The Bertz CT molecular complexity index is 91.3. The molecule has 0 bridgehead atoms. The van der Waals surface area contributed by atoms with Crippen LogP contribution in [0.5, 0.6) is 0 Å². The van der Waals surface area contributed by atoms with Crippen molar-refractivity contribution in [2.45, 2.75) is 6.92 Å². The van der Waals surface area contributed by atoms with E-state index in [1.165, 1.54) is 6.66 Å². The van der Waals surface area contributed by atoms with Gasteiger partial charge in [-0.25, -0.2) is 0 Å². The minimum absolute atomic E-state index is 0. The van der Waals surface area contributed by atoms with E-state index in [9.17, 15) is 0 Å². The molecule has 8 heavy (non-hydrogen) atoms. The van der Waals surface area contributed by atoms with Crippen LogP contribution in [0.4, 0.5) is 0 Å². The Balaban J connectivity index is 0. The standard InChI is InChI=1S/C3H9O2PS.ClH/c1-3-5-6(2,4)7;/h3H2,1-2H3,(H,4,7);1H. The Hall–Kier alpha value is 0.860. The molecule has 0 saturated carbocycles. The van der Waals surface area contributed by atoms with Crippen molar-refractivity contribution in [3.8, 4) is 0 Å². The first-order valence-electron chi connectivity index (χ1n) is 2.01. The van der Waals surface area contributed by atoms with E-state index in [0.717, 1.165) is 0 Å². The SMILES string of the molecule is CCOP(C)(O)=S.Cl. The van der Waals surface area contributed by atoms with Crippen molar-refractivity contribution in [3.05, 3.63) is 0 Å². The maximum absolute atomic E-state index is 8.72. The zero-order valence-corrected chi connectivity index (χ0v) is 7.35. The van der Waals surface area contributed by atoms with Crippen molar-refractivity contribution in [3.63, 3.8) is 0 Å². The number of rotatable bonds is 2. The highest BCUT2D eigenvalue weighted by Crippen LogP contribution is 2.36. The van der Waals surface area contributed by atoms with Gasteiger partial charge in [0.15, 0.2) is 6.49 Å². The summed E-state index contributed by atoms with van der Waals surface area (Å²) in [6.07, 6.45) is 0. The van der Waals surface area contributed by atoms with E-state index >= 15 is 0 Å². The van der Waals surface area contributed by atoms with Gasteiger partial charge in [0.2, 0.25) is 0 Å². The molecule has 0 rings (SSSR count). The summed E-state index contributed by atoms with van der Waals surface area (Å²) in [4.78, 5) is 8.72. The van der Waals surface area contributed by atoms with Gasteiger partial charge in [-0.1, -0.05) is 0 Å². The molecule has 1 atom stereocenters. The summed E-state index contributed by atoms with van der Waals surface area (Å²) in [5, 5.41) is 0. The summed E-state index contributed by atoms with van der Waals surface area (Å²) in [7, 11) is 0. The first-order chi connectivity index (χ1) is 3.06. The highest BCUT2D eigenvalue weighted by molar-refractivity contribution is 8.09. The second-order valence-corrected chi connectivity index (χ2v) is 5.12. The lowest BCUT2D eigenvalue weighted by atomic mass is 10.9. The second kappa shape index (κ2) is 4.71. The molecular formula is C3H10ClO2PS. The molecule has 0 aliphatic carbocycles. The van der Waals surface area contributed by atoms with E-state index < -0.39 is 6.49 Å². The molecule has 0 radical (unpaired) electrons. The van der Waals surface area contributed by atoms with Gasteiger partial charge < -0.3 is 9.42 Å². The van der Waals surface area contributed by atoms with Crippen molar-refractivity contribution < 1.29 is 9.42 Å². The second-order valence-electron chi connectivity index (χ2n) is 1.22. The van der Waals surface area contributed by atoms with Gasteiger partial charge in [0, 0.05) is 6.66 Å². The predicted molar refractivity (Wildman–Crippen MR) is 41.3 cm³/mol. The number of hydrogen-bond donors (Lipinski definition) is 1. The fraction of sp³-hybridized carbons (Fsp3) is 1.00. The Labute approximate surface area is 60.8 Å². The molecule has 0 heterocycles. The summed E-state index contributed by atoms with van der Waals surface area (Å²) in [5.74, 6) is 0. The first kappa shape index (κ1) is 11.6. The average Bonchev–Trinajstić information content (AvgIpc) is 1.30. The summed E-state index contributed by atoms with van der Waals surface area (Å²) < 4.78 is 4.71. The van der Waals surface area contributed by atoms with Crippen LogP contribution in [0.1, 0.15) is 6.92 Å². The fourth-order valence-electron chi connectivity index (χ4n) is 0.240. The van der Waals surface area contributed by atoms with E-state index in [1.54, 1.807) is 6.92 Å². The molecule has 1 N–H and O–H groups in total. The monoisotopic (exact) mass is 176 g/mol. The zero-order chi connectivity index (χ0) is 5.91. The van der Waals surface area contributed by atoms with Crippen LogP contribution < -0.4 is 0 Å². The number of halogens is 1. The highest BCUT2D eigenvalue weighted by atomic mass is 35.5. The van der Waals surface area contributed by atoms with Crippen LogP contribution in [0, 0.1) is 0 Å². The topological polar surface area (TPSA) is 29.5 Å². The van der Waals surface area contributed by atoms with Crippen molar-refractivity contribution in [1.29, 1.82) is 0 Å². The van der Waals surface area contributed by atoms with E-state index in [4.69, 9.17) is 9.42 Å². The Morgan fingerprint density at radius 3 is 2.12 bits per heavy atom. The van der Waals surface area contributed by atoms with Gasteiger partial charge in [-0.2, -0.15) is 0 Å². The molecular weight excluding hydrogens is 167 g/mol. The fourth-order valence-corrected chi connectivity index (χ4v) is 1.03.